The van der Waals surface area contributed by atoms with E-state index in [1.54, 1.807) is 7.11 Å². The maximum Gasteiger partial charge on any atom is 0.136 e. The lowest BCUT2D eigenvalue weighted by molar-refractivity contribution is -0.123. The fraction of sp³-hybridized carbons (Fsp3) is 0.917. The van der Waals surface area contributed by atoms with E-state index in [4.69, 9.17) is 4.74 Å². The molecular weight excluding hydrogens is 176 g/mol. The van der Waals surface area contributed by atoms with Crippen molar-refractivity contribution in [1.82, 2.24) is 0 Å². The van der Waals surface area contributed by atoms with Crippen LogP contribution in [0.4, 0.5) is 0 Å². The van der Waals surface area contributed by atoms with E-state index < -0.39 is 0 Å². The fourth-order valence-corrected chi connectivity index (χ4v) is 2.20. The van der Waals surface area contributed by atoms with Crippen molar-refractivity contribution in [2.45, 2.75) is 51.4 Å². The Morgan fingerprint density at radius 2 is 1.86 bits per heavy atom. The second-order valence-electron chi connectivity index (χ2n) is 4.25. The molecule has 0 radical (unpaired) electrons. The molecule has 0 saturated heterocycles. The van der Waals surface area contributed by atoms with Gasteiger partial charge in [-0.3, -0.25) is 4.79 Å². The molecule has 0 atom stereocenters. The van der Waals surface area contributed by atoms with Gasteiger partial charge in [-0.1, -0.05) is 25.7 Å². The van der Waals surface area contributed by atoms with Gasteiger partial charge in [0.2, 0.25) is 0 Å². The smallest absolute Gasteiger partial charge is 0.136 e. The SMILES string of the molecule is COCCCC(=O)C1CCCCCC1. The van der Waals surface area contributed by atoms with Gasteiger partial charge in [0, 0.05) is 26.1 Å². The van der Waals surface area contributed by atoms with Crippen LogP contribution in [0.2, 0.25) is 0 Å². The summed E-state index contributed by atoms with van der Waals surface area (Å²) in [6, 6.07) is 0. The highest BCUT2D eigenvalue weighted by Crippen LogP contribution is 2.24. The van der Waals surface area contributed by atoms with E-state index in [0.29, 0.717) is 11.7 Å². The first-order valence-corrected chi connectivity index (χ1v) is 5.86. The molecule has 0 amide bonds. The third kappa shape index (κ3) is 4.23. The highest BCUT2D eigenvalue weighted by atomic mass is 16.5. The van der Waals surface area contributed by atoms with Gasteiger partial charge in [0.1, 0.15) is 5.78 Å². The summed E-state index contributed by atoms with van der Waals surface area (Å²) in [5.41, 5.74) is 0. The predicted octanol–water partition coefficient (Wildman–Crippen LogP) is 2.95. The molecule has 0 N–H and O–H groups in total. The Balaban J connectivity index is 2.20. The molecule has 0 aliphatic heterocycles. The number of rotatable bonds is 5. The van der Waals surface area contributed by atoms with E-state index in [9.17, 15) is 4.79 Å². The van der Waals surface area contributed by atoms with Crippen LogP contribution < -0.4 is 0 Å². The zero-order chi connectivity index (χ0) is 10.2. The molecule has 0 aromatic rings. The number of ether oxygens (including phenoxy) is 1. The van der Waals surface area contributed by atoms with E-state index in [1.807, 2.05) is 0 Å². The largest absolute Gasteiger partial charge is 0.385 e. The first-order chi connectivity index (χ1) is 6.84. The Morgan fingerprint density at radius 3 is 2.43 bits per heavy atom. The van der Waals surface area contributed by atoms with Crippen molar-refractivity contribution in [3.05, 3.63) is 0 Å². The molecule has 0 aromatic heterocycles. The molecule has 1 fully saturated rings. The average Bonchev–Trinajstić information content (AvgIpc) is 2.46. The normalized spacial score (nSPS) is 19.2. The first kappa shape index (κ1) is 11.7. The van der Waals surface area contributed by atoms with Crippen LogP contribution in [-0.4, -0.2) is 19.5 Å². The third-order valence-corrected chi connectivity index (χ3v) is 3.08. The fourth-order valence-electron chi connectivity index (χ4n) is 2.20. The van der Waals surface area contributed by atoms with Crippen LogP contribution in [-0.2, 0) is 9.53 Å². The number of methoxy groups -OCH3 is 1. The van der Waals surface area contributed by atoms with Gasteiger partial charge in [0.15, 0.2) is 0 Å². The molecule has 0 heterocycles. The summed E-state index contributed by atoms with van der Waals surface area (Å²) in [6.07, 6.45) is 9.02. The van der Waals surface area contributed by atoms with Crippen molar-refractivity contribution in [3.63, 3.8) is 0 Å². The summed E-state index contributed by atoms with van der Waals surface area (Å²) in [5, 5.41) is 0. The van der Waals surface area contributed by atoms with Gasteiger partial charge in [-0.15, -0.1) is 0 Å². The van der Waals surface area contributed by atoms with E-state index in [1.165, 1.54) is 25.7 Å². The minimum atomic E-state index is 0.370. The number of carbonyl (C=O) groups excluding carboxylic acids is 1. The van der Waals surface area contributed by atoms with Gasteiger partial charge in [0.25, 0.3) is 0 Å². The number of hydrogen-bond acceptors (Lipinski definition) is 2. The molecule has 0 unspecified atom stereocenters. The van der Waals surface area contributed by atoms with E-state index in [2.05, 4.69) is 0 Å². The van der Waals surface area contributed by atoms with Gasteiger partial charge in [-0.25, -0.2) is 0 Å². The molecule has 0 aromatic carbocycles. The number of carbonyl (C=O) groups is 1. The Labute approximate surface area is 87.0 Å². The summed E-state index contributed by atoms with van der Waals surface area (Å²) in [6.45, 7) is 0.721. The maximum absolute atomic E-state index is 11.8. The second-order valence-corrected chi connectivity index (χ2v) is 4.25. The first-order valence-electron chi connectivity index (χ1n) is 5.86. The lowest BCUT2D eigenvalue weighted by Crippen LogP contribution is -2.14. The monoisotopic (exact) mass is 198 g/mol. The molecule has 2 heteroatoms. The van der Waals surface area contributed by atoms with Crippen LogP contribution in [0.1, 0.15) is 51.4 Å². The Morgan fingerprint density at radius 1 is 1.21 bits per heavy atom. The zero-order valence-electron chi connectivity index (χ0n) is 9.26. The Bertz CT molecular complexity index is 158. The molecule has 82 valence electrons. The molecule has 0 spiro atoms. The van der Waals surface area contributed by atoms with Crippen molar-refractivity contribution < 1.29 is 9.53 Å². The summed E-state index contributed by atoms with van der Waals surface area (Å²) in [4.78, 5) is 11.8. The number of Topliss-reactive ketones (excluding diaryl/α,β-unsaturated/α-hetero) is 1. The van der Waals surface area contributed by atoms with Crippen molar-refractivity contribution in [2.24, 2.45) is 5.92 Å². The van der Waals surface area contributed by atoms with Gasteiger partial charge < -0.3 is 4.74 Å². The van der Waals surface area contributed by atoms with Gasteiger partial charge in [0.05, 0.1) is 0 Å². The lowest BCUT2D eigenvalue weighted by Gasteiger charge is -2.11. The second kappa shape index (κ2) is 6.99. The molecule has 1 aliphatic rings. The zero-order valence-corrected chi connectivity index (χ0v) is 9.26. The molecule has 1 aliphatic carbocycles. The predicted molar refractivity (Wildman–Crippen MR) is 57.3 cm³/mol. The van der Waals surface area contributed by atoms with Gasteiger partial charge in [-0.2, -0.15) is 0 Å². The van der Waals surface area contributed by atoms with Crippen LogP contribution in [0.25, 0.3) is 0 Å². The standard InChI is InChI=1S/C12H22O2/c1-14-10-6-9-12(13)11-7-4-2-3-5-8-11/h11H,2-10H2,1H3. The van der Waals surface area contributed by atoms with Crippen LogP contribution in [0.5, 0.6) is 0 Å². The summed E-state index contributed by atoms with van der Waals surface area (Å²) in [7, 11) is 1.69. The molecule has 1 rings (SSSR count). The van der Waals surface area contributed by atoms with Crippen molar-refractivity contribution >= 4 is 5.78 Å². The van der Waals surface area contributed by atoms with Crippen LogP contribution in [0, 0.1) is 5.92 Å². The highest BCUT2D eigenvalue weighted by molar-refractivity contribution is 5.80. The number of ketones is 1. The topological polar surface area (TPSA) is 26.3 Å². The minimum absolute atomic E-state index is 0.370. The minimum Gasteiger partial charge on any atom is -0.385 e. The summed E-state index contributed by atoms with van der Waals surface area (Å²) in [5.74, 6) is 0.846. The molecule has 1 saturated carbocycles. The Kier molecular flexibility index (Phi) is 5.85. The van der Waals surface area contributed by atoms with Crippen LogP contribution in [0.3, 0.4) is 0 Å². The quantitative estimate of drug-likeness (QED) is 0.501. The Hall–Kier alpha value is -0.370. The van der Waals surface area contributed by atoms with Gasteiger partial charge in [-0.05, 0) is 19.3 Å². The summed E-state index contributed by atoms with van der Waals surface area (Å²) < 4.78 is 4.95. The maximum atomic E-state index is 11.8. The van der Waals surface area contributed by atoms with Crippen LogP contribution in [0.15, 0.2) is 0 Å². The van der Waals surface area contributed by atoms with E-state index in [-0.39, 0.29) is 0 Å². The van der Waals surface area contributed by atoms with Gasteiger partial charge >= 0.3 is 0 Å². The van der Waals surface area contributed by atoms with Crippen molar-refractivity contribution in [1.29, 1.82) is 0 Å². The van der Waals surface area contributed by atoms with E-state index >= 15 is 0 Å². The number of hydrogen-bond donors (Lipinski definition) is 0. The molecular formula is C12H22O2. The van der Waals surface area contributed by atoms with E-state index in [0.717, 1.165) is 32.3 Å². The summed E-state index contributed by atoms with van der Waals surface area (Å²) >= 11 is 0. The molecule has 0 bridgehead atoms. The molecule has 14 heavy (non-hydrogen) atoms. The highest BCUT2D eigenvalue weighted by Gasteiger charge is 2.18. The van der Waals surface area contributed by atoms with Crippen molar-refractivity contribution in [3.8, 4) is 0 Å². The third-order valence-electron chi connectivity index (χ3n) is 3.08. The lowest BCUT2D eigenvalue weighted by atomic mass is 9.93. The van der Waals surface area contributed by atoms with Crippen molar-refractivity contribution in [2.75, 3.05) is 13.7 Å². The average molecular weight is 198 g/mol. The van der Waals surface area contributed by atoms with Crippen LogP contribution >= 0.6 is 0 Å². The molecule has 2 nitrogen and oxygen atoms in total.